The zero-order chi connectivity index (χ0) is 22.5. The van der Waals surface area contributed by atoms with E-state index in [2.05, 4.69) is 10.6 Å². The number of carbonyl (C=O) groups excluding carboxylic acids is 2. The molecule has 2 N–H and O–H groups in total. The molecular weight excluding hydrogens is 471 g/mol. The summed E-state index contributed by atoms with van der Waals surface area (Å²) >= 11 is 19.5. The number of carbonyl (C=O) groups is 2. The van der Waals surface area contributed by atoms with Crippen LogP contribution >= 0.6 is 46.1 Å². The number of ether oxygens (including phenoxy) is 2. The molecular formula is C20H23Cl3N2O4S. The van der Waals surface area contributed by atoms with Gasteiger partial charge >= 0.3 is 5.97 Å². The summed E-state index contributed by atoms with van der Waals surface area (Å²) in [5, 5.41) is 6.01. The van der Waals surface area contributed by atoms with Crippen molar-refractivity contribution in [1.29, 1.82) is 0 Å². The first-order valence-corrected chi connectivity index (χ1v) is 11.1. The number of rotatable bonds is 8. The third-order valence-corrected chi connectivity index (χ3v) is 6.02. The molecule has 0 aliphatic carbocycles. The van der Waals surface area contributed by atoms with Crippen molar-refractivity contribution in [2.45, 2.75) is 37.7 Å². The van der Waals surface area contributed by atoms with Crippen LogP contribution in [-0.2, 0) is 9.53 Å². The van der Waals surface area contributed by atoms with Crippen LogP contribution in [0.25, 0.3) is 0 Å². The second-order valence-corrected chi connectivity index (χ2v) is 10.0. The van der Waals surface area contributed by atoms with Crippen LogP contribution in [0.3, 0.4) is 0 Å². The fraction of sp³-hybridized carbons (Fsp3) is 0.400. The zero-order valence-electron chi connectivity index (χ0n) is 17.0. The number of alkyl halides is 3. The number of para-hydroxylation sites is 1. The van der Waals surface area contributed by atoms with E-state index in [0.717, 1.165) is 16.0 Å². The van der Waals surface area contributed by atoms with Crippen molar-refractivity contribution >= 4 is 63.0 Å². The Morgan fingerprint density at radius 3 is 2.43 bits per heavy atom. The number of nitrogens with one attached hydrogen (secondary N) is 2. The molecule has 1 aromatic heterocycles. The van der Waals surface area contributed by atoms with Gasteiger partial charge in [-0.1, -0.05) is 53.0 Å². The molecule has 1 unspecified atom stereocenters. The van der Waals surface area contributed by atoms with Crippen molar-refractivity contribution in [3.05, 3.63) is 45.8 Å². The van der Waals surface area contributed by atoms with E-state index < -0.39 is 21.8 Å². The average molecular weight is 494 g/mol. The Morgan fingerprint density at radius 2 is 1.83 bits per heavy atom. The number of anilines is 1. The fourth-order valence-electron chi connectivity index (χ4n) is 2.57. The van der Waals surface area contributed by atoms with Crippen LogP contribution in [0.1, 0.15) is 33.3 Å². The maximum Gasteiger partial charge on any atom is 0.341 e. The van der Waals surface area contributed by atoms with E-state index in [-0.39, 0.29) is 13.2 Å². The summed E-state index contributed by atoms with van der Waals surface area (Å²) in [6.07, 6.45) is -1.11. The Morgan fingerprint density at radius 1 is 1.17 bits per heavy atom. The van der Waals surface area contributed by atoms with Crippen molar-refractivity contribution in [3.63, 3.8) is 0 Å². The molecule has 6 nitrogen and oxygen atoms in total. The first-order chi connectivity index (χ1) is 14.0. The van der Waals surface area contributed by atoms with Crippen LogP contribution in [0.2, 0.25) is 0 Å². The van der Waals surface area contributed by atoms with Gasteiger partial charge in [0.1, 0.15) is 16.9 Å². The van der Waals surface area contributed by atoms with Crippen LogP contribution in [-0.4, -0.2) is 35.0 Å². The van der Waals surface area contributed by atoms with Crippen LogP contribution < -0.4 is 15.4 Å². The molecule has 164 valence electrons. The molecule has 0 aliphatic rings. The van der Waals surface area contributed by atoms with Crippen LogP contribution in [0.4, 0.5) is 5.00 Å². The van der Waals surface area contributed by atoms with E-state index in [1.165, 1.54) is 11.3 Å². The molecule has 0 saturated carbocycles. The van der Waals surface area contributed by atoms with Crippen molar-refractivity contribution in [2.24, 2.45) is 0 Å². The topological polar surface area (TPSA) is 76.7 Å². The summed E-state index contributed by atoms with van der Waals surface area (Å²) in [5.41, 5.74) is 2.01. The van der Waals surface area contributed by atoms with Gasteiger partial charge in [0, 0.05) is 4.88 Å². The Bertz CT molecular complexity index is 912. The minimum Gasteiger partial charge on any atom is -0.484 e. The number of aryl methyl sites for hydroxylation is 2. The quantitative estimate of drug-likeness (QED) is 0.302. The van der Waals surface area contributed by atoms with Crippen LogP contribution in [0, 0.1) is 20.8 Å². The van der Waals surface area contributed by atoms with Crippen molar-refractivity contribution in [1.82, 2.24) is 5.32 Å². The molecule has 0 aliphatic heterocycles. The Kier molecular flexibility index (Phi) is 8.67. The molecule has 0 radical (unpaired) electrons. The second-order valence-electron chi connectivity index (χ2n) is 6.45. The summed E-state index contributed by atoms with van der Waals surface area (Å²) in [6, 6.07) is 7.31. The summed E-state index contributed by atoms with van der Waals surface area (Å²) in [6.45, 7) is 7.23. The van der Waals surface area contributed by atoms with Gasteiger partial charge in [0.05, 0.1) is 12.2 Å². The number of halogens is 3. The molecule has 0 spiro atoms. The highest BCUT2D eigenvalue weighted by molar-refractivity contribution is 7.16. The molecule has 0 bridgehead atoms. The smallest absolute Gasteiger partial charge is 0.341 e. The summed E-state index contributed by atoms with van der Waals surface area (Å²) in [4.78, 5) is 25.7. The van der Waals surface area contributed by atoms with E-state index in [0.29, 0.717) is 16.3 Å². The minimum absolute atomic E-state index is 0.230. The molecule has 2 aromatic rings. The molecule has 30 heavy (non-hydrogen) atoms. The monoisotopic (exact) mass is 492 g/mol. The maximum absolute atomic E-state index is 12.4. The van der Waals surface area contributed by atoms with Crippen molar-refractivity contribution in [3.8, 4) is 5.75 Å². The van der Waals surface area contributed by atoms with Crippen LogP contribution in [0.5, 0.6) is 5.75 Å². The fourth-order valence-corrected chi connectivity index (χ4v) is 3.98. The lowest BCUT2D eigenvalue weighted by molar-refractivity contribution is -0.123. The molecule has 1 atom stereocenters. The van der Waals surface area contributed by atoms with Crippen molar-refractivity contribution < 1.29 is 19.1 Å². The molecule has 0 fully saturated rings. The standard InChI is InChI=1S/C20H23Cl3N2O4S/c1-5-28-18(27)16-12(3)13(4)30-17(16)25-19(20(21,22)23)24-15(26)10-29-14-9-7-6-8-11(14)2/h6-9,19,25H,5,10H2,1-4H3,(H,24,26). The van der Waals surface area contributed by atoms with Crippen molar-refractivity contribution in [2.75, 3.05) is 18.5 Å². The first-order valence-electron chi connectivity index (χ1n) is 9.12. The number of hydrogen-bond acceptors (Lipinski definition) is 6. The third kappa shape index (κ3) is 6.41. The van der Waals surface area contributed by atoms with Gasteiger partial charge in [-0.05, 0) is 44.9 Å². The third-order valence-electron chi connectivity index (χ3n) is 4.23. The van der Waals surface area contributed by atoms with Gasteiger partial charge in [-0.15, -0.1) is 11.3 Å². The lowest BCUT2D eigenvalue weighted by Gasteiger charge is -2.27. The van der Waals surface area contributed by atoms with E-state index in [9.17, 15) is 9.59 Å². The van der Waals surface area contributed by atoms with Gasteiger partial charge < -0.3 is 20.1 Å². The normalized spacial score (nSPS) is 12.2. The molecule has 0 saturated heterocycles. The second kappa shape index (κ2) is 10.6. The van der Waals surface area contributed by atoms with E-state index in [1.807, 2.05) is 39.0 Å². The van der Waals surface area contributed by atoms with E-state index in [4.69, 9.17) is 44.3 Å². The predicted octanol–water partition coefficient (Wildman–Crippen LogP) is 5.15. The van der Waals surface area contributed by atoms with Gasteiger partial charge in [0.25, 0.3) is 5.91 Å². The number of thiophene rings is 1. The van der Waals surface area contributed by atoms with Gasteiger partial charge in [0.15, 0.2) is 6.61 Å². The SMILES string of the molecule is CCOC(=O)c1c(NC(NC(=O)COc2ccccc2C)C(Cl)(Cl)Cl)sc(C)c1C. The first kappa shape index (κ1) is 24.6. The van der Waals surface area contributed by atoms with Gasteiger partial charge in [-0.25, -0.2) is 4.79 Å². The predicted molar refractivity (Wildman–Crippen MR) is 122 cm³/mol. The highest BCUT2D eigenvalue weighted by Gasteiger charge is 2.36. The minimum atomic E-state index is -1.89. The Balaban J connectivity index is 2.16. The zero-order valence-corrected chi connectivity index (χ0v) is 20.1. The molecule has 1 heterocycles. The molecule has 2 rings (SSSR count). The maximum atomic E-state index is 12.4. The Labute approximate surface area is 194 Å². The summed E-state index contributed by atoms with van der Waals surface area (Å²) < 4.78 is 8.78. The van der Waals surface area contributed by atoms with Gasteiger partial charge in [-0.2, -0.15) is 0 Å². The molecule has 10 heteroatoms. The summed E-state index contributed by atoms with van der Waals surface area (Å²) in [7, 11) is 0. The highest BCUT2D eigenvalue weighted by Crippen LogP contribution is 2.37. The van der Waals surface area contributed by atoms with E-state index in [1.54, 1.807) is 13.0 Å². The largest absolute Gasteiger partial charge is 0.484 e. The number of amides is 1. The number of hydrogen-bond donors (Lipinski definition) is 2. The number of esters is 1. The van der Waals surface area contributed by atoms with Crippen LogP contribution in [0.15, 0.2) is 24.3 Å². The number of benzene rings is 1. The Hall–Kier alpha value is -1.67. The average Bonchev–Trinajstić information content (AvgIpc) is 2.93. The van der Waals surface area contributed by atoms with Gasteiger partial charge in [0.2, 0.25) is 3.79 Å². The lowest BCUT2D eigenvalue weighted by Crippen LogP contribution is -2.50. The van der Waals surface area contributed by atoms with E-state index >= 15 is 0 Å². The molecule has 1 aromatic carbocycles. The molecule has 1 amide bonds. The summed E-state index contributed by atoms with van der Waals surface area (Å²) in [5.74, 6) is -0.399. The lowest BCUT2D eigenvalue weighted by atomic mass is 10.1. The van der Waals surface area contributed by atoms with Gasteiger partial charge in [-0.3, -0.25) is 4.79 Å². The highest BCUT2D eigenvalue weighted by atomic mass is 35.6.